The van der Waals surface area contributed by atoms with Gasteiger partial charge in [0.1, 0.15) is 12.3 Å². The highest BCUT2D eigenvalue weighted by Crippen LogP contribution is 2.33. The van der Waals surface area contributed by atoms with Crippen LogP contribution in [0.25, 0.3) is 0 Å². The molecule has 1 aromatic carbocycles. The van der Waals surface area contributed by atoms with Crippen molar-refractivity contribution in [1.82, 2.24) is 15.5 Å². The van der Waals surface area contributed by atoms with Crippen LogP contribution in [0.4, 0.5) is 5.69 Å². The van der Waals surface area contributed by atoms with Crippen LogP contribution in [0.2, 0.25) is 5.02 Å². The number of nitrogens with one attached hydrogen (secondary N) is 2. The van der Waals surface area contributed by atoms with Crippen LogP contribution < -0.4 is 20.3 Å². The Bertz CT molecular complexity index is 650. The summed E-state index contributed by atoms with van der Waals surface area (Å²) in [6.45, 7) is 4.57. The summed E-state index contributed by atoms with van der Waals surface area (Å²) in [4.78, 5) is 19.9. The molecule has 1 amide bonds. The zero-order chi connectivity index (χ0) is 19.1. The zero-order valence-corrected chi connectivity index (χ0v) is 16.6. The number of likely N-dealkylation sites (N-methyl/N-ethyl adjacent to an activating group) is 1. The minimum atomic E-state index is -0.0288. The van der Waals surface area contributed by atoms with Crippen molar-refractivity contribution in [3.8, 4) is 5.75 Å². The number of hydrogen-bond acceptors (Lipinski definition) is 4. The first kappa shape index (κ1) is 20.2. The molecule has 1 heterocycles. The van der Waals surface area contributed by atoms with Crippen molar-refractivity contribution in [2.24, 2.45) is 4.99 Å². The summed E-state index contributed by atoms with van der Waals surface area (Å²) < 4.78 is 5.46. The summed E-state index contributed by atoms with van der Waals surface area (Å²) in [5.74, 6) is 1.44. The van der Waals surface area contributed by atoms with Gasteiger partial charge in [0.15, 0.2) is 5.96 Å². The van der Waals surface area contributed by atoms with Gasteiger partial charge in [-0.2, -0.15) is 0 Å². The third-order valence-electron chi connectivity index (χ3n) is 4.23. The molecule has 0 saturated carbocycles. The molecule has 0 spiro atoms. The van der Waals surface area contributed by atoms with Crippen molar-refractivity contribution < 1.29 is 9.53 Å². The Kier molecular flexibility index (Phi) is 7.38. The molecule has 144 valence electrons. The maximum Gasteiger partial charge on any atom is 0.243 e. The van der Waals surface area contributed by atoms with Gasteiger partial charge in [-0.05, 0) is 31.5 Å². The first-order valence-electron chi connectivity index (χ1n) is 8.78. The molecule has 1 fully saturated rings. The molecule has 8 heteroatoms. The molecule has 1 saturated heterocycles. The maximum atomic E-state index is 11.8. The minimum absolute atomic E-state index is 0.0288. The monoisotopic (exact) mass is 381 g/mol. The van der Waals surface area contributed by atoms with E-state index in [1.165, 1.54) is 4.90 Å². The molecular weight excluding hydrogens is 354 g/mol. The minimum Gasteiger partial charge on any atom is -0.495 e. The van der Waals surface area contributed by atoms with E-state index < -0.39 is 0 Å². The molecule has 0 aromatic heterocycles. The Morgan fingerprint density at radius 2 is 2.23 bits per heavy atom. The molecule has 1 aliphatic rings. The number of benzene rings is 1. The highest BCUT2D eigenvalue weighted by molar-refractivity contribution is 6.30. The van der Waals surface area contributed by atoms with Gasteiger partial charge in [-0.1, -0.05) is 11.6 Å². The molecule has 1 aromatic rings. The normalized spacial score (nSPS) is 17.2. The zero-order valence-electron chi connectivity index (χ0n) is 15.9. The van der Waals surface area contributed by atoms with Crippen molar-refractivity contribution >= 4 is 29.2 Å². The van der Waals surface area contributed by atoms with Crippen LogP contribution >= 0.6 is 11.6 Å². The topological polar surface area (TPSA) is 69.2 Å². The van der Waals surface area contributed by atoms with E-state index in [0.717, 1.165) is 37.5 Å². The number of anilines is 1. The Balaban J connectivity index is 2.01. The van der Waals surface area contributed by atoms with Crippen molar-refractivity contribution in [3.63, 3.8) is 0 Å². The summed E-state index contributed by atoms with van der Waals surface area (Å²) in [7, 11) is 5.12. The number of aliphatic imine (C=N–C) groups is 1. The van der Waals surface area contributed by atoms with Gasteiger partial charge in [-0.15, -0.1) is 0 Å². The van der Waals surface area contributed by atoms with Crippen LogP contribution in [0.3, 0.4) is 0 Å². The summed E-state index contributed by atoms with van der Waals surface area (Å²) in [5, 5.41) is 7.30. The predicted octanol–water partition coefficient (Wildman–Crippen LogP) is 1.57. The largest absolute Gasteiger partial charge is 0.495 e. The van der Waals surface area contributed by atoms with Gasteiger partial charge >= 0.3 is 0 Å². The summed E-state index contributed by atoms with van der Waals surface area (Å²) in [5.41, 5.74) is 0.994. The second-order valence-electron chi connectivity index (χ2n) is 6.38. The fourth-order valence-electron chi connectivity index (χ4n) is 2.81. The van der Waals surface area contributed by atoms with E-state index >= 15 is 0 Å². The van der Waals surface area contributed by atoms with E-state index in [4.69, 9.17) is 16.3 Å². The average Bonchev–Trinajstić information content (AvgIpc) is 3.07. The van der Waals surface area contributed by atoms with Crippen LogP contribution in [0, 0.1) is 0 Å². The second-order valence-corrected chi connectivity index (χ2v) is 6.81. The Hall–Kier alpha value is -2.15. The lowest BCUT2D eigenvalue weighted by Crippen LogP contribution is -2.45. The van der Waals surface area contributed by atoms with E-state index in [1.54, 1.807) is 21.2 Å². The highest BCUT2D eigenvalue weighted by atomic mass is 35.5. The van der Waals surface area contributed by atoms with Gasteiger partial charge in [0.05, 0.1) is 12.8 Å². The first-order valence-corrected chi connectivity index (χ1v) is 9.15. The molecule has 26 heavy (non-hydrogen) atoms. The van der Waals surface area contributed by atoms with E-state index in [2.05, 4.69) is 20.5 Å². The number of amides is 1. The van der Waals surface area contributed by atoms with E-state index in [-0.39, 0.29) is 18.5 Å². The van der Waals surface area contributed by atoms with Gasteiger partial charge in [0.2, 0.25) is 5.91 Å². The highest BCUT2D eigenvalue weighted by Gasteiger charge is 2.25. The van der Waals surface area contributed by atoms with Gasteiger partial charge in [0, 0.05) is 44.8 Å². The van der Waals surface area contributed by atoms with Crippen molar-refractivity contribution in [1.29, 1.82) is 0 Å². The smallest absolute Gasteiger partial charge is 0.243 e. The summed E-state index contributed by atoms with van der Waals surface area (Å²) >= 11 is 6.15. The number of rotatable bonds is 6. The lowest BCUT2D eigenvalue weighted by atomic mass is 10.2. The summed E-state index contributed by atoms with van der Waals surface area (Å²) in [6.07, 6.45) is 0.960. The van der Waals surface area contributed by atoms with Gasteiger partial charge in [-0.3, -0.25) is 4.79 Å². The molecule has 2 rings (SSSR count). The molecule has 1 atom stereocenters. The molecule has 0 radical (unpaired) electrons. The number of carbonyl (C=O) groups excluding carboxylic acids is 1. The van der Waals surface area contributed by atoms with Crippen LogP contribution in [0.15, 0.2) is 23.2 Å². The fourth-order valence-corrected chi connectivity index (χ4v) is 2.97. The number of ether oxygens (including phenoxy) is 1. The number of nitrogens with zero attached hydrogens (tertiary/aromatic N) is 3. The van der Waals surface area contributed by atoms with Crippen LogP contribution in [-0.4, -0.2) is 70.2 Å². The van der Waals surface area contributed by atoms with Crippen molar-refractivity contribution in [2.45, 2.75) is 19.4 Å². The molecule has 2 N–H and O–H groups in total. The Labute approximate surface area is 160 Å². The third-order valence-corrected chi connectivity index (χ3v) is 4.46. The Morgan fingerprint density at radius 1 is 1.46 bits per heavy atom. The molecular formula is C18H28ClN5O2. The van der Waals surface area contributed by atoms with Gasteiger partial charge < -0.3 is 25.2 Å². The van der Waals surface area contributed by atoms with Gasteiger partial charge in [-0.25, -0.2) is 4.99 Å². The standard InChI is InChI=1S/C18H28ClN5O2/c1-5-20-18(21-11-17(25)23(2)3)22-14-8-9-24(12-14)15-10-13(19)6-7-16(15)26-4/h6-7,10,14H,5,8-9,11-12H2,1-4H3,(H2,20,21,22). The lowest BCUT2D eigenvalue weighted by Gasteiger charge is -2.22. The Morgan fingerprint density at radius 3 is 2.88 bits per heavy atom. The molecule has 1 aliphatic heterocycles. The van der Waals surface area contributed by atoms with Crippen molar-refractivity contribution in [3.05, 3.63) is 23.2 Å². The SMILES string of the molecule is CCNC(=NCC(=O)N(C)C)NC1CCN(c2cc(Cl)ccc2OC)C1. The van der Waals surface area contributed by atoms with E-state index in [1.807, 2.05) is 25.1 Å². The molecule has 1 unspecified atom stereocenters. The van der Waals surface area contributed by atoms with Crippen LogP contribution in [-0.2, 0) is 4.79 Å². The van der Waals surface area contributed by atoms with Crippen LogP contribution in [0.1, 0.15) is 13.3 Å². The summed E-state index contributed by atoms with van der Waals surface area (Å²) in [6, 6.07) is 5.87. The fraction of sp³-hybridized carbons (Fsp3) is 0.556. The predicted molar refractivity (Wildman–Crippen MR) is 106 cm³/mol. The van der Waals surface area contributed by atoms with Gasteiger partial charge in [0.25, 0.3) is 0 Å². The molecule has 0 bridgehead atoms. The third kappa shape index (κ3) is 5.42. The molecule has 0 aliphatic carbocycles. The number of halogens is 1. The first-order chi connectivity index (χ1) is 12.4. The van der Waals surface area contributed by atoms with E-state index in [0.29, 0.717) is 11.0 Å². The number of guanidine groups is 1. The lowest BCUT2D eigenvalue weighted by molar-refractivity contribution is -0.127. The quantitative estimate of drug-likeness (QED) is 0.578. The number of methoxy groups -OCH3 is 1. The van der Waals surface area contributed by atoms with Crippen molar-refractivity contribution in [2.75, 3.05) is 52.3 Å². The number of hydrogen-bond donors (Lipinski definition) is 2. The average molecular weight is 382 g/mol. The molecule has 7 nitrogen and oxygen atoms in total. The number of carbonyl (C=O) groups is 1. The van der Waals surface area contributed by atoms with Crippen LogP contribution in [0.5, 0.6) is 5.75 Å². The van der Waals surface area contributed by atoms with E-state index in [9.17, 15) is 4.79 Å². The maximum absolute atomic E-state index is 11.8. The second kappa shape index (κ2) is 9.52.